The lowest BCUT2D eigenvalue weighted by atomic mass is 10.2. The second-order valence-corrected chi connectivity index (χ2v) is 3.81. The smallest absolute Gasteiger partial charge is 0.316 e. The van der Waals surface area contributed by atoms with Crippen molar-refractivity contribution in [2.24, 2.45) is 0 Å². The third kappa shape index (κ3) is 2.68. The van der Waals surface area contributed by atoms with Gasteiger partial charge in [0.2, 0.25) is 0 Å². The second-order valence-electron chi connectivity index (χ2n) is 2.74. The van der Waals surface area contributed by atoms with E-state index in [2.05, 4.69) is 0 Å². The lowest BCUT2D eigenvalue weighted by Gasteiger charge is -2.11. The van der Waals surface area contributed by atoms with Crippen LogP contribution in [-0.2, 0) is 12.4 Å². The Labute approximate surface area is 97.8 Å². The molecule has 0 radical (unpaired) electrons. The van der Waals surface area contributed by atoms with Gasteiger partial charge in [-0.1, -0.05) is 0 Å². The van der Waals surface area contributed by atoms with Crippen LogP contribution in [0.5, 0.6) is 0 Å². The molecule has 0 aromatic carbocycles. The van der Waals surface area contributed by atoms with Gasteiger partial charge in [0, 0.05) is 0 Å². The summed E-state index contributed by atoms with van der Waals surface area (Å²) in [6, 6.07) is -0.194. The Balaban J connectivity index is 3.52. The van der Waals surface area contributed by atoms with E-state index in [1.807, 2.05) is 0 Å². The van der Waals surface area contributed by atoms with E-state index in [0.29, 0.717) is 0 Å². The van der Waals surface area contributed by atoms with Crippen LogP contribution in [0.25, 0.3) is 0 Å². The van der Waals surface area contributed by atoms with Gasteiger partial charge in [0.1, 0.15) is 5.56 Å². The van der Waals surface area contributed by atoms with Crippen molar-refractivity contribution in [3.63, 3.8) is 0 Å². The summed E-state index contributed by atoms with van der Waals surface area (Å²) in [4.78, 5) is 12.3. The maximum atomic E-state index is 12.3. The molecule has 16 heavy (non-hydrogen) atoms. The van der Waals surface area contributed by atoms with Crippen LogP contribution in [0.3, 0.4) is 0 Å². The van der Waals surface area contributed by atoms with E-state index in [1.165, 1.54) is 4.98 Å². The number of pyridine rings is 1. The van der Waals surface area contributed by atoms with Crippen LogP contribution in [0.1, 0.15) is 11.1 Å². The van der Waals surface area contributed by atoms with E-state index in [9.17, 15) is 31.1 Å². The van der Waals surface area contributed by atoms with Gasteiger partial charge >= 0.3 is 12.4 Å². The van der Waals surface area contributed by atoms with Gasteiger partial charge in [0.05, 0.1) is 9.26 Å². The van der Waals surface area contributed by atoms with E-state index in [1.54, 1.807) is 0 Å². The first kappa shape index (κ1) is 13.3. The minimum atomic E-state index is -5.11. The molecule has 0 atom stereocenters. The van der Waals surface area contributed by atoms with Crippen LogP contribution in [0.4, 0.5) is 26.3 Å². The number of halogens is 7. The summed E-state index contributed by atoms with van der Waals surface area (Å²) in [5, 5.41) is 0. The quantitative estimate of drug-likeness (QED) is 0.432. The molecule has 0 bridgehead atoms. The van der Waals surface area contributed by atoms with Crippen molar-refractivity contribution in [2.45, 2.75) is 12.4 Å². The van der Waals surface area contributed by atoms with Crippen molar-refractivity contribution in [3.05, 3.63) is 31.2 Å². The summed E-state index contributed by atoms with van der Waals surface area (Å²) in [6.45, 7) is 0. The zero-order valence-corrected chi connectivity index (χ0v) is 9.29. The summed E-state index contributed by atoms with van der Waals surface area (Å²) in [5.41, 5.74) is -4.97. The van der Waals surface area contributed by atoms with Crippen molar-refractivity contribution >= 4 is 22.6 Å². The molecule has 0 aliphatic rings. The van der Waals surface area contributed by atoms with Crippen molar-refractivity contribution in [1.82, 2.24) is 4.98 Å². The Bertz CT molecular complexity index is 459. The summed E-state index contributed by atoms with van der Waals surface area (Å²) < 4.78 is 72.6. The third-order valence-corrected chi connectivity index (χ3v) is 2.45. The molecule has 0 amide bonds. The summed E-state index contributed by atoms with van der Waals surface area (Å²) in [5.74, 6) is 0. The van der Waals surface area contributed by atoms with Gasteiger partial charge in [-0.3, -0.25) is 4.79 Å². The first-order chi connectivity index (χ1) is 7.03. The number of alkyl halides is 6. The van der Waals surface area contributed by atoms with E-state index in [0.717, 1.165) is 22.6 Å². The molecule has 1 aromatic heterocycles. The van der Waals surface area contributed by atoms with E-state index in [4.69, 9.17) is 0 Å². The molecule has 1 aromatic rings. The maximum absolute atomic E-state index is 12.3. The number of hydrogen-bond donors (Lipinski definition) is 1. The monoisotopic (exact) mass is 357 g/mol. The van der Waals surface area contributed by atoms with Crippen LogP contribution >= 0.6 is 22.6 Å². The molecule has 1 N–H and O–H groups in total. The van der Waals surface area contributed by atoms with Gasteiger partial charge in [0.15, 0.2) is 0 Å². The highest BCUT2D eigenvalue weighted by atomic mass is 127. The Morgan fingerprint density at radius 3 is 1.81 bits per heavy atom. The van der Waals surface area contributed by atoms with Crippen LogP contribution in [0.15, 0.2) is 10.9 Å². The lowest BCUT2D eigenvalue weighted by molar-refractivity contribution is -0.144. The molecule has 1 rings (SSSR count). The van der Waals surface area contributed by atoms with E-state index < -0.39 is 32.7 Å². The standard InChI is InChI=1S/C7H2F6INO/c8-6(9,10)2-1-3(7(11,12)13)5(16)15-4(2)14/h1H,(H,15,16). The summed E-state index contributed by atoms with van der Waals surface area (Å²) in [7, 11) is 0. The molecule has 2 nitrogen and oxygen atoms in total. The average molecular weight is 357 g/mol. The number of hydrogen-bond acceptors (Lipinski definition) is 1. The Hall–Kier alpha value is -0.740. The highest BCUT2D eigenvalue weighted by molar-refractivity contribution is 14.1. The molecule has 0 saturated carbocycles. The molecule has 0 aliphatic heterocycles. The van der Waals surface area contributed by atoms with Crippen LogP contribution in [-0.4, -0.2) is 4.98 Å². The largest absolute Gasteiger partial charge is 0.421 e. The highest BCUT2D eigenvalue weighted by Crippen LogP contribution is 2.35. The number of H-pyrrole nitrogens is 1. The van der Waals surface area contributed by atoms with Crippen molar-refractivity contribution < 1.29 is 26.3 Å². The number of aromatic amines is 1. The second kappa shape index (κ2) is 3.93. The number of rotatable bonds is 0. The molecule has 0 spiro atoms. The minimum Gasteiger partial charge on any atom is -0.316 e. The zero-order valence-electron chi connectivity index (χ0n) is 7.13. The number of nitrogens with one attached hydrogen (secondary N) is 1. The fourth-order valence-electron chi connectivity index (χ4n) is 0.924. The first-order valence-electron chi connectivity index (χ1n) is 3.60. The molecule has 9 heteroatoms. The maximum Gasteiger partial charge on any atom is 0.421 e. The molecule has 0 fully saturated rings. The fourth-order valence-corrected chi connectivity index (χ4v) is 1.63. The molecular formula is C7H2F6INO. The summed E-state index contributed by atoms with van der Waals surface area (Å²) in [6.07, 6.45) is -10.1. The molecule has 0 aliphatic carbocycles. The van der Waals surface area contributed by atoms with Crippen LogP contribution in [0.2, 0.25) is 0 Å². The molecule has 0 saturated heterocycles. The fraction of sp³-hybridized carbons (Fsp3) is 0.286. The molecule has 1 heterocycles. The molecule has 90 valence electrons. The molecule has 0 unspecified atom stereocenters. The predicted octanol–water partition coefficient (Wildman–Crippen LogP) is 3.02. The van der Waals surface area contributed by atoms with Crippen LogP contribution < -0.4 is 5.56 Å². The SMILES string of the molecule is O=c1[nH]c(I)c(C(F)(F)F)cc1C(F)(F)F. The predicted molar refractivity (Wildman–Crippen MR) is 49.8 cm³/mol. The lowest BCUT2D eigenvalue weighted by Crippen LogP contribution is -2.25. The van der Waals surface area contributed by atoms with E-state index in [-0.39, 0.29) is 6.07 Å². The van der Waals surface area contributed by atoms with Gasteiger partial charge in [-0.05, 0) is 28.7 Å². The van der Waals surface area contributed by atoms with Gasteiger partial charge in [-0.15, -0.1) is 0 Å². The Kier molecular flexibility index (Phi) is 3.27. The Morgan fingerprint density at radius 2 is 1.44 bits per heavy atom. The van der Waals surface area contributed by atoms with Gasteiger partial charge in [-0.2, -0.15) is 26.3 Å². The Morgan fingerprint density at radius 1 is 1.00 bits per heavy atom. The minimum absolute atomic E-state index is 0.194. The van der Waals surface area contributed by atoms with Gasteiger partial charge in [0.25, 0.3) is 5.56 Å². The van der Waals surface area contributed by atoms with Crippen molar-refractivity contribution in [2.75, 3.05) is 0 Å². The summed E-state index contributed by atoms with van der Waals surface area (Å²) >= 11 is 1.11. The third-order valence-electron chi connectivity index (χ3n) is 1.60. The van der Waals surface area contributed by atoms with Crippen molar-refractivity contribution in [3.8, 4) is 0 Å². The highest BCUT2D eigenvalue weighted by Gasteiger charge is 2.40. The first-order valence-corrected chi connectivity index (χ1v) is 4.68. The topological polar surface area (TPSA) is 32.9 Å². The zero-order chi connectivity index (χ0) is 12.7. The van der Waals surface area contributed by atoms with E-state index >= 15 is 0 Å². The average Bonchev–Trinajstić information content (AvgIpc) is 1.97. The normalized spacial score (nSPS) is 12.9. The van der Waals surface area contributed by atoms with Crippen LogP contribution in [0, 0.1) is 3.70 Å². The van der Waals surface area contributed by atoms with Gasteiger partial charge < -0.3 is 4.98 Å². The molecular weight excluding hydrogens is 355 g/mol. The van der Waals surface area contributed by atoms with Gasteiger partial charge in [-0.25, -0.2) is 0 Å². The van der Waals surface area contributed by atoms with Crippen molar-refractivity contribution in [1.29, 1.82) is 0 Å². The number of aromatic nitrogens is 1.